The maximum absolute atomic E-state index is 13.8. The Labute approximate surface area is 358 Å². The van der Waals surface area contributed by atoms with Gasteiger partial charge in [-0.05, 0) is 32.3 Å². The summed E-state index contributed by atoms with van der Waals surface area (Å²) in [6.07, 6.45) is -7.94. The summed E-state index contributed by atoms with van der Waals surface area (Å²) in [4.78, 5) is 48.4. The number of methoxy groups -OCH3 is 1. The highest BCUT2D eigenvalue weighted by Crippen LogP contribution is 2.36. The van der Waals surface area contributed by atoms with E-state index in [2.05, 4.69) is 37.3 Å². The first-order chi connectivity index (χ1) is 29.1. The van der Waals surface area contributed by atoms with Crippen molar-refractivity contribution in [1.82, 2.24) is 44.8 Å². The maximum Gasteiger partial charge on any atom is 0.345 e. The lowest BCUT2D eigenvalue weighted by Crippen LogP contribution is -2.67. The number of nitrogens with zero attached hydrogens (tertiary/aromatic N) is 7. The number of amides is 3. The third-order valence-corrected chi connectivity index (χ3v) is 12.6. The topological polar surface area (TPSA) is 315 Å². The second-order valence-corrected chi connectivity index (χ2v) is 18.9. The number of nitriles is 1. The van der Waals surface area contributed by atoms with Gasteiger partial charge in [-0.1, -0.05) is 20.8 Å². The number of hydrogen-bond acceptors (Lipinski definition) is 17. The minimum atomic E-state index is -3.47. The molecule has 5 rings (SSSR count). The molecule has 23 nitrogen and oxygen atoms in total. The van der Waals surface area contributed by atoms with Gasteiger partial charge in [0.25, 0.3) is 5.91 Å². The van der Waals surface area contributed by atoms with Crippen LogP contribution in [0.5, 0.6) is 0 Å². The van der Waals surface area contributed by atoms with Crippen molar-refractivity contribution in [3.63, 3.8) is 0 Å². The summed E-state index contributed by atoms with van der Waals surface area (Å²) in [5.41, 5.74) is 3.83. The minimum absolute atomic E-state index is 0.00805. The van der Waals surface area contributed by atoms with Gasteiger partial charge in [-0.15, -0.1) is 0 Å². The second kappa shape index (κ2) is 19.4. The van der Waals surface area contributed by atoms with E-state index in [4.69, 9.17) is 18.9 Å². The van der Waals surface area contributed by atoms with Crippen LogP contribution >= 0.6 is 0 Å². The predicted molar refractivity (Wildman–Crippen MR) is 217 cm³/mol. The van der Waals surface area contributed by atoms with Crippen molar-refractivity contribution in [3.05, 3.63) is 31.0 Å². The molecule has 0 spiro atoms. The van der Waals surface area contributed by atoms with Gasteiger partial charge in [-0.25, -0.2) is 28.6 Å². The molecular formula is C38H56N10O13S. The number of carbonyl (C=O) groups is 3. The van der Waals surface area contributed by atoms with E-state index >= 15 is 0 Å². The average Bonchev–Trinajstić information content (AvgIpc) is 3.87. The molecule has 24 heteroatoms. The standard InChI is InChI=1S/C38H56N10O13S/c1-9-62(56,57)46-17-38(18-46,11-12-39)48-15-22(14-42-48)25-23-10-13-47(33(23)41-19-40-25)36(55)45-44-34(54)31-29(59-20(2)3)27(52)28(53)35(61-31)60-30(26(51)24(16-49)58-8)32(37(5,6)7)43-21(4)50/h10,13-15,19-20,24,26-32,35,49,51-53H,9,11,16-18H2,1-8H3,(H,43,50)(H,44,54)(H,45,55). The van der Waals surface area contributed by atoms with Crippen LogP contribution in [0.15, 0.2) is 31.0 Å². The van der Waals surface area contributed by atoms with Crippen LogP contribution in [0.1, 0.15) is 54.9 Å². The molecule has 5 heterocycles. The van der Waals surface area contributed by atoms with E-state index < -0.39 is 107 Å². The highest BCUT2D eigenvalue weighted by atomic mass is 32.2. The van der Waals surface area contributed by atoms with Crippen molar-refractivity contribution in [2.45, 2.75) is 122 Å². The number of carbonyl (C=O) groups excluding carboxylic acids is 3. The highest BCUT2D eigenvalue weighted by molar-refractivity contribution is 7.89. The van der Waals surface area contributed by atoms with E-state index in [9.17, 15) is 48.5 Å². The molecule has 2 fully saturated rings. The van der Waals surface area contributed by atoms with Crippen LogP contribution in [0.3, 0.4) is 0 Å². The Bertz CT molecular complexity index is 2210. The Hall–Kier alpha value is -4.68. The molecule has 2 aliphatic heterocycles. The molecule has 0 saturated carbocycles. The minimum Gasteiger partial charge on any atom is -0.394 e. The van der Waals surface area contributed by atoms with Crippen LogP contribution < -0.4 is 16.2 Å². The van der Waals surface area contributed by atoms with E-state index in [1.54, 1.807) is 58.5 Å². The zero-order valence-corrected chi connectivity index (χ0v) is 36.5. The maximum atomic E-state index is 13.8. The largest absolute Gasteiger partial charge is 0.394 e. The van der Waals surface area contributed by atoms with Gasteiger partial charge in [-0.2, -0.15) is 14.7 Å². The summed E-state index contributed by atoms with van der Waals surface area (Å²) in [7, 11) is -2.23. The summed E-state index contributed by atoms with van der Waals surface area (Å²) >= 11 is 0. The molecule has 342 valence electrons. The zero-order valence-electron chi connectivity index (χ0n) is 35.7. The normalized spacial score (nSPS) is 23.8. The highest BCUT2D eigenvalue weighted by Gasteiger charge is 2.53. The summed E-state index contributed by atoms with van der Waals surface area (Å²) in [6, 6.07) is 1.79. The first-order valence-electron chi connectivity index (χ1n) is 19.9. The van der Waals surface area contributed by atoms with Gasteiger partial charge in [0.05, 0.1) is 48.9 Å². The van der Waals surface area contributed by atoms with Gasteiger partial charge in [0.1, 0.15) is 48.5 Å². The number of sulfonamides is 1. The molecule has 0 bridgehead atoms. The second-order valence-electron chi connectivity index (χ2n) is 16.6. The van der Waals surface area contributed by atoms with E-state index in [0.29, 0.717) is 16.6 Å². The predicted octanol–water partition coefficient (Wildman–Crippen LogP) is -1.30. The molecule has 7 N–H and O–H groups in total. The molecule has 9 atom stereocenters. The van der Waals surface area contributed by atoms with E-state index in [1.165, 1.54) is 37.1 Å². The number of nitrogens with one attached hydrogen (secondary N) is 3. The number of aromatic nitrogens is 5. The van der Waals surface area contributed by atoms with Gasteiger partial charge in [0, 0.05) is 50.5 Å². The Morgan fingerprint density at radius 1 is 1.13 bits per heavy atom. The van der Waals surface area contributed by atoms with Crippen LogP contribution in [-0.4, -0.2) is 169 Å². The zero-order chi connectivity index (χ0) is 45.9. The van der Waals surface area contributed by atoms with Crippen LogP contribution in [-0.2, 0) is 44.1 Å². The van der Waals surface area contributed by atoms with E-state index in [0.717, 1.165) is 4.57 Å². The molecule has 2 saturated heterocycles. The third kappa shape index (κ3) is 10.1. The number of ether oxygens (including phenoxy) is 4. The Kier molecular flexibility index (Phi) is 15.1. The Morgan fingerprint density at radius 3 is 2.40 bits per heavy atom. The molecular weight excluding hydrogens is 837 g/mol. The number of hydrazine groups is 1. The first-order valence-corrected chi connectivity index (χ1v) is 21.5. The summed E-state index contributed by atoms with van der Waals surface area (Å²) < 4.78 is 51.9. The van der Waals surface area contributed by atoms with Crippen molar-refractivity contribution < 1.29 is 62.2 Å². The fourth-order valence-corrected chi connectivity index (χ4v) is 8.69. The fourth-order valence-electron chi connectivity index (χ4n) is 7.45. The van der Waals surface area contributed by atoms with Crippen LogP contribution in [0.4, 0.5) is 4.79 Å². The molecule has 3 aromatic rings. The van der Waals surface area contributed by atoms with Gasteiger partial charge >= 0.3 is 6.03 Å². The van der Waals surface area contributed by atoms with Gasteiger partial charge in [0.15, 0.2) is 18.0 Å². The molecule has 0 aliphatic carbocycles. The van der Waals surface area contributed by atoms with Crippen LogP contribution in [0, 0.1) is 16.7 Å². The van der Waals surface area contributed by atoms with Crippen molar-refractivity contribution in [1.29, 1.82) is 5.26 Å². The van der Waals surface area contributed by atoms with E-state index in [1.807, 2.05) is 0 Å². The van der Waals surface area contributed by atoms with Crippen LogP contribution in [0.25, 0.3) is 22.3 Å². The molecule has 2 aliphatic rings. The monoisotopic (exact) mass is 892 g/mol. The fraction of sp³-hybridized carbons (Fsp3) is 0.658. The quantitative estimate of drug-likeness (QED) is 0.0822. The third-order valence-electron chi connectivity index (χ3n) is 10.8. The van der Waals surface area contributed by atoms with E-state index in [-0.39, 0.29) is 30.9 Å². The smallest absolute Gasteiger partial charge is 0.345 e. The SMILES string of the molecule is CCS(=O)(=O)N1CC(CC#N)(n2cc(-c3ncnc4c3ccn4C(=O)NNC(=O)C3OC(OC(C(O)C(CO)OC)C(NC(C)=O)C(C)(C)C)C(O)C(O)C3OC(C)C)cn2)C1. The van der Waals surface area contributed by atoms with Crippen LogP contribution in [0.2, 0.25) is 0 Å². The van der Waals surface area contributed by atoms with Crippen molar-refractivity contribution in [2.24, 2.45) is 5.41 Å². The summed E-state index contributed by atoms with van der Waals surface area (Å²) in [5.74, 6) is -1.60. The van der Waals surface area contributed by atoms with Crippen molar-refractivity contribution in [3.8, 4) is 17.3 Å². The molecule has 3 aromatic heterocycles. The van der Waals surface area contributed by atoms with Gasteiger partial charge < -0.3 is 44.7 Å². The van der Waals surface area contributed by atoms with Crippen molar-refractivity contribution in [2.75, 3.05) is 32.6 Å². The summed E-state index contributed by atoms with van der Waals surface area (Å²) in [6.45, 7) is 10.7. The summed E-state index contributed by atoms with van der Waals surface area (Å²) in [5, 5.41) is 61.0. The van der Waals surface area contributed by atoms with Gasteiger partial charge in [-0.3, -0.25) is 24.3 Å². The Morgan fingerprint density at radius 2 is 1.82 bits per heavy atom. The molecule has 0 radical (unpaired) electrons. The average molecular weight is 893 g/mol. The lowest BCUT2D eigenvalue weighted by atomic mass is 9.80. The molecule has 9 unspecified atom stereocenters. The number of fused-ring (bicyclic) bond motifs is 1. The number of hydrogen-bond donors (Lipinski definition) is 7. The van der Waals surface area contributed by atoms with Gasteiger partial charge in [0.2, 0.25) is 15.9 Å². The van der Waals surface area contributed by atoms with Crippen molar-refractivity contribution >= 4 is 38.9 Å². The number of aliphatic hydroxyl groups is 4. The first kappa shape index (κ1) is 48.4. The molecule has 0 aromatic carbocycles. The molecule has 3 amide bonds. The lowest BCUT2D eigenvalue weighted by Gasteiger charge is -2.47. The number of rotatable bonds is 16. The molecule has 62 heavy (non-hydrogen) atoms. The number of aliphatic hydroxyl groups excluding tert-OH is 4. The Balaban J connectivity index is 1.36. The lowest BCUT2D eigenvalue weighted by molar-refractivity contribution is -0.322.